The van der Waals surface area contributed by atoms with Crippen LogP contribution in [0.15, 0.2) is 66.7 Å². The molecule has 0 N–H and O–H groups in total. The van der Waals surface area contributed by atoms with Gasteiger partial charge in [0.05, 0.1) is 29.3 Å². The van der Waals surface area contributed by atoms with Gasteiger partial charge in [0.25, 0.3) is 0 Å². The molecular formula is C26H18ClN2O5-. The Hall–Kier alpha value is -3.84. The van der Waals surface area contributed by atoms with Crippen molar-refractivity contribution in [3.8, 4) is 0 Å². The Balaban J connectivity index is 1.47. The van der Waals surface area contributed by atoms with Gasteiger partial charge in [0.1, 0.15) is 6.61 Å². The van der Waals surface area contributed by atoms with E-state index in [-0.39, 0.29) is 24.0 Å². The highest BCUT2D eigenvalue weighted by Gasteiger charge is 2.67. The summed E-state index contributed by atoms with van der Waals surface area (Å²) >= 11 is 6.06. The van der Waals surface area contributed by atoms with Crippen molar-refractivity contribution in [2.24, 2.45) is 0 Å². The first-order chi connectivity index (χ1) is 16.4. The summed E-state index contributed by atoms with van der Waals surface area (Å²) in [5.74, 6) is -1.53. The number of carbonyl (C=O) groups excluding carboxylic acids is 3. The number of carbonyl (C=O) groups is 3. The quantitative estimate of drug-likeness (QED) is 0.575. The van der Waals surface area contributed by atoms with Crippen molar-refractivity contribution in [2.45, 2.75) is 17.8 Å². The van der Waals surface area contributed by atoms with Crippen LogP contribution in [-0.4, -0.2) is 31.1 Å². The van der Waals surface area contributed by atoms with Crippen LogP contribution in [0.2, 0.25) is 5.02 Å². The van der Waals surface area contributed by atoms with Crippen molar-refractivity contribution in [3.05, 3.63) is 88.4 Å². The van der Waals surface area contributed by atoms with Crippen molar-refractivity contribution in [1.29, 1.82) is 0 Å². The molecule has 1 saturated carbocycles. The number of hydrogen-bond acceptors (Lipinski definition) is 5. The lowest BCUT2D eigenvalue weighted by Crippen LogP contribution is -2.31. The average Bonchev–Trinajstić information content (AvgIpc) is 3.36. The highest BCUT2D eigenvalue weighted by Crippen LogP contribution is 2.67. The SMILES string of the molecule is O=C([O-])c1cc(N2CCOC2=O)cc(N2C(=O)[C@@]3(C[C@@H]3c3ccc(Cl)cc3)c3ccccc32)c1. The first kappa shape index (κ1) is 20.7. The van der Waals surface area contributed by atoms with Gasteiger partial charge >= 0.3 is 6.09 Å². The number of aromatic carboxylic acids is 1. The third-order valence-corrected chi connectivity index (χ3v) is 7.16. The summed E-state index contributed by atoms with van der Waals surface area (Å²) in [6.07, 6.45) is 0.0861. The molecule has 170 valence electrons. The lowest BCUT2D eigenvalue weighted by molar-refractivity contribution is -0.255. The number of para-hydroxylation sites is 1. The Morgan fingerprint density at radius 2 is 1.76 bits per heavy atom. The third-order valence-electron chi connectivity index (χ3n) is 6.91. The topological polar surface area (TPSA) is 90.0 Å². The van der Waals surface area contributed by atoms with Crippen LogP contribution in [0.4, 0.5) is 21.9 Å². The molecule has 2 heterocycles. The van der Waals surface area contributed by atoms with Crippen LogP contribution < -0.4 is 14.9 Å². The number of nitrogens with zero attached hydrogens (tertiary/aromatic N) is 2. The van der Waals surface area contributed by atoms with E-state index in [1.807, 2.05) is 48.5 Å². The zero-order chi connectivity index (χ0) is 23.6. The van der Waals surface area contributed by atoms with Crippen molar-refractivity contribution in [2.75, 3.05) is 23.0 Å². The molecule has 3 aromatic rings. The van der Waals surface area contributed by atoms with Gasteiger partial charge < -0.3 is 14.6 Å². The Kier molecular flexibility index (Phi) is 4.47. The van der Waals surface area contributed by atoms with E-state index in [4.69, 9.17) is 16.3 Å². The van der Waals surface area contributed by atoms with Crippen LogP contribution in [0.5, 0.6) is 0 Å². The fourth-order valence-electron chi connectivity index (χ4n) is 5.25. The van der Waals surface area contributed by atoms with Gasteiger partial charge in [0.2, 0.25) is 5.91 Å². The normalized spacial score (nSPS) is 22.8. The molecule has 2 amide bonds. The predicted octanol–water partition coefficient (Wildman–Crippen LogP) is 3.76. The summed E-state index contributed by atoms with van der Waals surface area (Å²) in [4.78, 5) is 40.8. The van der Waals surface area contributed by atoms with Crippen LogP contribution in [0.1, 0.15) is 33.8 Å². The van der Waals surface area contributed by atoms with Crippen LogP contribution in [0.25, 0.3) is 0 Å². The molecule has 3 aliphatic rings. The van der Waals surface area contributed by atoms with E-state index in [9.17, 15) is 19.5 Å². The molecule has 1 saturated heterocycles. The van der Waals surface area contributed by atoms with Gasteiger partial charge in [0.15, 0.2) is 0 Å². The third kappa shape index (κ3) is 2.93. The number of anilines is 3. The molecule has 2 fully saturated rings. The zero-order valence-electron chi connectivity index (χ0n) is 17.9. The molecule has 1 aliphatic carbocycles. The molecule has 1 spiro atoms. The summed E-state index contributed by atoms with van der Waals surface area (Å²) in [6.45, 7) is 0.503. The Morgan fingerprint density at radius 3 is 2.47 bits per heavy atom. The molecule has 0 unspecified atom stereocenters. The summed E-state index contributed by atoms with van der Waals surface area (Å²) in [5, 5.41) is 12.4. The maximum Gasteiger partial charge on any atom is 0.414 e. The number of carboxylic acids is 1. The van der Waals surface area contributed by atoms with Gasteiger partial charge in [-0.1, -0.05) is 41.9 Å². The van der Waals surface area contributed by atoms with E-state index in [1.54, 1.807) is 11.0 Å². The Bertz CT molecular complexity index is 1370. The predicted molar refractivity (Wildman–Crippen MR) is 124 cm³/mol. The number of benzene rings is 3. The van der Waals surface area contributed by atoms with E-state index in [0.717, 1.165) is 11.1 Å². The summed E-state index contributed by atoms with van der Waals surface area (Å²) < 4.78 is 5.01. The fraction of sp³-hybridized carbons (Fsp3) is 0.192. The van der Waals surface area contributed by atoms with Crippen LogP contribution in [0, 0.1) is 0 Å². The van der Waals surface area contributed by atoms with Crippen molar-refractivity contribution < 1.29 is 24.2 Å². The Morgan fingerprint density at radius 1 is 1.03 bits per heavy atom. The van der Waals surface area contributed by atoms with E-state index in [1.165, 1.54) is 17.0 Å². The smallest absolute Gasteiger partial charge is 0.414 e. The van der Waals surface area contributed by atoms with Crippen LogP contribution in [-0.2, 0) is 14.9 Å². The van der Waals surface area contributed by atoms with Gasteiger partial charge in [-0.3, -0.25) is 14.6 Å². The molecule has 0 aromatic heterocycles. The second-order valence-electron chi connectivity index (χ2n) is 8.73. The second kappa shape index (κ2) is 7.33. The first-order valence-corrected chi connectivity index (χ1v) is 11.3. The number of ether oxygens (including phenoxy) is 1. The minimum Gasteiger partial charge on any atom is -0.545 e. The molecule has 34 heavy (non-hydrogen) atoms. The van der Waals surface area contributed by atoms with E-state index in [2.05, 4.69) is 0 Å². The highest BCUT2D eigenvalue weighted by molar-refractivity contribution is 6.30. The maximum absolute atomic E-state index is 14.0. The summed E-state index contributed by atoms with van der Waals surface area (Å²) in [6, 6.07) is 19.5. The molecule has 7 nitrogen and oxygen atoms in total. The molecule has 8 heteroatoms. The molecule has 2 aliphatic heterocycles. The number of hydrogen-bond donors (Lipinski definition) is 0. The maximum atomic E-state index is 14.0. The lowest BCUT2D eigenvalue weighted by Gasteiger charge is -2.23. The molecule has 2 atom stereocenters. The van der Waals surface area contributed by atoms with Crippen molar-refractivity contribution in [1.82, 2.24) is 0 Å². The molecule has 0 bridgehead atoms. The van der Waals surface area contributed by atoms with E-state index < -0.39 is 17.5 Å². The largest absolute Gasteiger partial charge is 0.545 e. The van der Waals surface area contributed by atoms with Crippen molar-refractivity contribution >= 4 is 46.6 Å². The minimum atomic E-state index is -1.39. The average molecular weight is 474 g/mol. The molecule has 3 aromatic carbocycles. The van der Waals surface area contributed by atoms with Gasteiger partial charge in [0, 0.05) is 22.2 Å². The van der Waals surface area contributed by atoms with E-state index >= 15 is 0 Å². The molecule has 6 rings (SSSR count). The van der Waals surface area contributed by atoms with Crippen molar-refractivity contribution in [3.63, 3.8) is 0 Å². The number of rotatable bonds is 4. The first-order valence-electron chi connectivity index (χ1n) is 10.9. The van der Waals surface area contributed by atoms with Crippen LogP contribution >= 0.6 is 11.6 Å². The number of cyclic esters (lactones) is 1. The highest BCUT2D eigenvalue weighted by atomic mass is 35.5. The second-order valence-corrected chi connectivity index (χ2v) is 9.17. The standard InChI is InChI=1S/C26H19ClN2O5/c27-17-7-5-15(6-8-17)21-14-26(21)20-3-1-2-4-22(20)29(24(26)32)19-12-16(23(30)31)11-18(13-19)28-9-10-34-25(28)33/h1-8,11-13,21H,9-10,14H2,(H,30,31)/p-1/t21-,26+/m1/s1. The number of halogens is 1. The summed E-state index contributed by atoms with van der Waals surface area (Å²) in [7, 11) is 0. The zero-order valence-corrected chi connectivity index (χ0v) is 18.6. The number of carboxylic acid groups (broad SMARTS) is 1. The van der Waals surface area contributed by atoms with Gasteiger partial charge in [-0.2, -0.15) is 0 Å². The fourth-order valence-corrected chi connectivity index (χ4v) is 5.37. The van der Waals surface area contributed by atoms with Gasteiger partial charge in [-0.05, 0) is 53.9 Å². The molecule has 0 radical (unpaired) electrons. The Labute approximate surface area is 200 Å². The van der Waals surface area contributed by atoms with E-state index in [0.29, 0.717) is 35.1 Å². The summed E-state index contributed by atoms with van der Waals surface area (Å²) in [5.41, 5.74) is 2.49. The number of amides is 2. The van der Waals surface area contributed by atoms with Gasteiger partial charge in [-0.25, -0.2) is 4.79 Å². The molecular weight excluding hydrogens is 456 g/mol. The number of fused-ring (bicyclic) bond motifs is 2. The minimum absolute atomic E-state index is 0.0132. The monoisotopic (exact) mass is 473 g/mol. The van der Waals surface area contributed by atoms with Crippen LogP contribution in [0.3, 0.4) is 0 Å². The lowest BCUT2D eigenvalue weighted by atomic mass is 9.92. The van der Waals surface area contributed by atoms with Gasteiger partial charge in [-0.15, -0.1) is 0 Å².